The van der Waals surface area contributed by atoms with E-state index < -0.39 is 10.0 Å². The molecule has 106 valence electrons. The Morgan fingerprint density at radius 1 is 1.20 bits per heavy atom. The highest BCUT2D eigenvalue weighted by Gasteiger charge is 2.15. The molecule has 0 radical (unpaired) electrons. The van der Waals surface area contributed by atoms with Crippen molar-refractivity contribution < 1.29 is 8.42 Å². The molecule has 0 bridgehead atoms. The van der Waals surface area contributed by atoms with Gasteiger partial charge < -0.3 is 5.32 Å². The molecule has 2 N–H and O–H groups in total. The first-order valence-corrected chi connectivity index (χ1v) is 7.69. The molecular formula is C14H17N3O2S. The van der Waals surface area contributed by atoms with E-state index in [2.05, 4.69) is 15.0 Å². The van der Waals surface area contributed by atoms with Crippen LogP contribution in [-0.4, -0.2) is 20.4 Å². The molecular weight excluding hydrogens is 274 g/mol. The van der Waals surface area contributed by atoms with Gasteiger partial charge in [0, 0.05) is 12.7 Å². The summed E-state index contributed by atoms with van der Waals surface area (Å²) in [5.41, 5.74) is 2.01. The Kier molecular flexibility index (Phi) is 4.36. The Morgan fingerprint density at radius 3 is 2.65 bits per heavy atom. The van der Waals surface area contributed by atoms with Crippen LogP contribution in [0.3, 0.4) is 0 Å². The molecule has 0 aliphatic carbocycles. The second-order valence-electron chi connectivity index (χ2n) is 4.44. The number of hydrogen-bond acceptors (Lipinski definition) is 4. The molecule has 1 heterocycles. The molecule has 1 aromatic heterocycles. The average Bonchev–Trinajstić information content (AvgIpc) is 2.42. The number of benzene rings is 1. The maximum Gasteiger partial charge on any atom is 0.263 e. The van der Waals surface area contributed by atoms with E-state index in [1.807, 2.05) is 14.0 Å². The van der Waals surface area contributed by atoms with Gasteiger partial charge in [0.2, 0.25) is 0 Å². The zero-order valence-corrected chi connectivity index (χ0v) is 12.2. The van der Waals surface area contributed by atoms with Crippen molar-refractivity contribution in [2.24, 2.45) is 0 Å². The number of aryl methyl sites for hydroxylation is 1. The summed E-state index contributed by atoms with van der Waals surface area (Å²) in [5, 5.41) is 3.03. The summed E-state index contributed by atoms with van der Waals surface area (Å²) in [6.45, 7) is 2.58. The summed E-state index contributed by atoms with van der Waals surface area (Å²) in [6.07, 6.45) is 1.54. The topological polar surface area (TPSA) is 71.1 Å². The average molecular weight is 291 g/mol. The summed E-state index contributed by atoms with van der Waals surface area (Å²) in [7, 11) is -1.79. The molecule has 1 aromatic carbocycles. The van der Waals surface area contributed by atoms with Crippen molar-refractivity contribution in [3.63, 3.8) is 0 Å². The fraction of sp³-hybridized carbons (Fsp3) is 0.214. The fourth-order valence-electron chi connectivity index (χ4n) is 1.82. The van der Waals surface area contributed by atoms with E-state index in [-0.39, 0.29) is 4.90 Å². The Bertz CT molecular complexity index is 685. The Labute approximate surface area is 119 Å². The lowest BCUT2D eigenvalue weighted by molar-refractivity contribution is 0.600. The van der Waals surface area contributed by atoms with E-state index in [9.17, 15) is 8.42 Å². The molecule has 0 saturated heterocycles. The SMILES string of the molecule is CNCc1cc(S(=O)(=O)Nc2ccccn2)ccc1C. The van der Waals surface area contributed by atoms with Gasteiger partial charge in [-0.3, -0.25) is 4.72 Å². The molecule has 0 amide bonds. The van der Waals surface area contributed by atoms with Crippen molar-refractivity contribution in [2.45, 2.75) is 18.4 Å². The van der Waals surface area contributed by atoms with Gasteiger partial charge in [-0.2, -0.15) is 0 Å². The summed E-state index contributed by atoms with van der Waals surface area (Å²) in [4.78, 5) is 4.20. The number of hydrogen-bond donors (Lipinski definition) is 2. The predicted octanol–water partition coefficient (Wildman–Crippen LogP) is 1.91. The first-order valence-electron chi connectivity index (χ1n) is 6.21. The Balaban J connectivity index is 2.32. The summed E-state index contributed by atoms with van der Waals surface area (Å²) in [5.74, 6) is 0.309. The monoisotopic (exact) mass is 291 g/mol. The lowest BCUT2D eigenvalue weighted by Gasteiger charge is -2.10. The quantitative estimate of drug-likeness (QED) is 0.883. The molecule has 0 aliphatic heterocycles. The summed E-state index contributed by atoms with van der Waals surface area (Å²) < 4.78 is 27.1. The van der Waals surface area contributed by atoms with Crippen molar-refractivity contribution in [2.75, 3.05) is 11.8 Å². The van der Waals surface area contributed by atoms with Crippen LogP contribution < -0.4 is 10.0 Å². The van der Waals surface area contributed by atoms with Crippen LogP contribution >= 0.6 is 0 Å². The van der Waals surface area contributed by atoms with E-state index in [0.717, 1.165) is 11.1 Å². The molecule has 6 heteroatoms. The molecule has 0 atom stereocenters. The zero-order chi connectivity index (χ0) is 14.6. The highest BCUT2D eigenvalue weighted by atomic mass is 32.2. The number of anilines is 1. The van der Waals surface area contributed by atoms with Gasteiger partial charge in [0.15, 0.2) is 0 Å². The van der Waals surface area contributed by atoms with Crippen LogP contribution in [0.25, 0.3) is 0 Å². The predicted molar refractivity (Wildman–Crippen MR) is 79.0 cm³/mol. The van der Waals surface area contributed by atoms with Crippen LogP contribution in [0.5, 0.6) is 0 Å². The smallest absolute Gasteiger partial charge is 0.263 e. The molecule has 0 aliphatic rings. The van der Waals surface area contributed by atoms with Crippen LogP contribution in [0.2, 0.25) is 0 Å². The number of rotatable bonds is 5. The Hall–Kier alpha value is -1.92. The van der Waals surface area contributed by atoms with Crippen LogP contribution in [0.4, 0.5) is 5.82 Å². The fourth-order valence-corrected chi connectivity index (χ4v) is 2.87. The summed E-state index contributed by atoms with van der Waals surface area (Å²) in [6, 6.07) is 10.2. The van der Waals surface area contributed by atoms with Crippen molar-refractivity contribution in [3.8, 4) is 0 Å². The van der Waals surface area contributed by atoms with Gasteiger partial charge in [0.25, 0.3) is 10.0 Å². The van der Waals surface area contributed by atoms with Gasteiger partial charge in [-0.05, 0) is 49.4 Å². The first-order chi connectivity index (χ1) is 9.53. The van der Waals surface area contributed by atoms with Crippen molar-refractivity contribution in [1.29, 1.82) is 0 Å². The molecule has 20 heavy (non-hydrogen) atoms. The van der Waals surface area contributed by atoms with Crippen molar-refractivity contribution in [3.05, 3.63) is 53.7 Å². The highest BCUT2D eigenvalue weighted by Crippen LogP contribution is 2.18. The molecule has 2 rings (SSSR count). The second-order valence-corrected chi connectivity index (χ2v) is 6.12. The number of nitrogens with zero attached hydrogens (tertiary/aromatic N) is 1. The van der Waals surface area contributed by atoms with Gasteiger partial charge in [-0.25, -0.2) is 13.4 Å². The van der Waals surface area contributed by atoms with Crippen molar-refractivity contribution in [1.82, 2.24) is 10.3 Å². The minimum atomic E-state index is -3.61. The van der Waals surface area contributed by atoms with Crippen LogP contribution in [0.15, 0.2) is 47.5 Å². The maximum absolute atomic E-state index is 12.3. The van der Waals surface area contributed by atoms with Gasteiger partial charge in [0.1, 0.15) is 5.82 Å². The number of sulfonamides is 1. The molecule has 0 spiro atoms. The second kappa shape index (κ2) is 6.02. The lowest BCUT2D eigenvalue weighted by Crippen LogP contribution is -2.15. The van der Waals surface area contributed by atoms with E-state index in [1.165, 1.54) is 0 Å². The minimum absolute atomic E-state index is 0.235. The third kappa shape index (κ3) is 3.34. The van der Waals surface area contributed by atoms with E-state index in [4.69, 9.17) is 0 Å². The van der Waals surface area contributed by atoms with Crippen molar-refractivity contribution >= 4 is 15.8 Å². The normalized spacial score (nSPS) is 11.3. The van der Waals surface area contributed by atoms with Crippen LogP contribution in [-0.2, 0) is 16.6 Å². The lowest BCUT2D eigenvalue weighted by atomic mass is 10.1. The highest BCUT2D eigenvalue weighted by molar-refractivity contribution is 7.92. The first kappa shape index (κ1) is 14.5. The number of aromatic nitrogens is 1. The van der Waals surface area contributed by atoms with Gasteiger partial charge >= 0.3 is 0 Å². The van der Waals surface area contributed by atoms with E-state index >= 15 is 0 Å². The molecule has 2 aromatic rings. The summed E-state index contributed by atoms with van der Waals surface area (Å²) >= 11 is 0. The standard InChI is InChI=1S/C14H17N3O2S/c1-11-6-7-13(9-12(11)10-15-2)20(18,19)17-14-5-3-4-8-16-14/h3-9,15H,10H2,1-2H3,(H,16,17). The Morgan fingerprint density at radius 2 is 2.00 bits per heavy atom. The van der Waals surface area contributed by atoms with E-state index in [1.54, 1.807) is 42.6 Å². The van der Waals surface area contributed by atoms with E-state index in [0.29, 0.717) is 12.4 Å². The molecule has 0 saturated carbocycles. The maximum atomic E-state index is 12.3. The van der Waals surface area contributed by atoms with Crippen LogP contribution in [0.1, 0.15) is 11.1 Å². The number of nitrogens with one attached hydrogen (secondary N) is 2. The molecule has 5 nitrogen and oxygen atoms in total. The largest absolute Gasteiger partial charge is 0.316 e. The van der Waals surface area contributed by atoms with Gasteiger partial charge in [0.05, 0.1) is 4.90 Å². The zero-order valence-electron chi connectivity index (χ0n) is 11.4. The third-order valence-electron chi connectivity index (χ3n) is 2.90. The van der Waals surface area contributed by atoms with Crippen LogP contribution in [0, 0.1) is 6.92 Å². The van der Waals surface area contributed by atoms with Gasteiger partial charge in [-0.1, -0.05) is 12.1 Å². The third-order valence-corrected chi connectivity index (χ3v) is 4.25. The minimum Gasteiger partial charge on any atom is -0.316 e. The molecule has 0 fully saturated rings. The van der Waals surface area contributed by atoms with Gasteiger partial charge in [-0.15, -0.1) is 0 Å². The molecule has 0 unspecified atom stereocenters. The number of pyridine rings is 1.